The number of imidazole rings is 1. The number of ether oxygens (including phenoxy) is 1. The molecule has 0 spiro atoms. The molecule has 1 amide bonds. The van der Waals surface area contributed by atoms with E-state index >= 15 is 0 Å². The van der Waals surface area contributed by atoms with Gasteiger partial charge in [0.05, 0.1) is 16.0 Å². The third-order valence-corrected chi connectivity index (χ3v) is 6.39. The van der Waals surface area contributed by atoms with Gasteiger partial charge >= 0.3 is 6.09 Å². The summed E-state index contributed by atoms with van der Waals surface area (Å²) in [6, 6.07) is 15.6. The number of carbonyl (C=O) groups excluding carboxylic acids is 1. The summed E-state index contributed by atoms with van der Waals surface area (Å²) in [5.74, 6) is 1.15. The Morgan fingerprint density at radius 1 is 1.13 bits per heavy atom. The fourth-order valence-corrected chi connectivity index (χ4v) is 4.71. The van der Waals surface area contributed by atoms with Crippen molar-refractivity contribution in [3.63, 3.8) is 0 Å². The molecule has 0 atom stereocenters. The second-order valence-electron chi connectivity index (χ2n) is 7.37. The van der Waals surface area contributed by atoms with Crippen LogP contribution in [-0.4, -0.2) is 15.6 Å². The first-order valence-electron chi connectivity index (χ1n) is 9.92. The van der Waals surface area contributed by atoms with Gasteiger partial charge in [-0.15, -0.1) is 11.3 Å². The minimum absolute atomic E-state index is 0.208. The lowest BCUT2D eigenvalue weighted by Gasteiger charge is -2.13. The van der Waals surface area contributed by atoms with Crippen molar-refractivity contribution in [1.29, 1.82) is 0 Å². The zero-order valence-corrected chi connectivity index (χ0v) is 17.8. The largest absolute Gasteiger partial charge is 0.444 e. The van der Waals surface area contributed by atoms with E-state index < -0.39 is 6.09 Å². The Labute approximate surface area is 183 Å². The Morgan fingerprint density at radius 3 is 2.87 bits per heavy atom. The lowest BCUT2D eigenvalue weighted by Crippen LogP contribution is -2.12. The molecule has 5 nitrogen and oxygen atoms in total. The van der Waals surface area contributed by atoms with Crippen LogP contribution in [0.1, 0.15) is 24.2 Å². The quantitative estimate of drug-likeness (QED) is 0.396. The molecule has 7 heteroatoms. The van der Waals surface area contributed by atoms with Gasteiger partial charge in [0.15, 0.2) is 0 Å². The molecule has 2 aromatic heterocycles. The van der Waals surface area contributed by atoms with Crippen LogP contribution in [0, 0.1) is 0 Å². The van der Waals surface area contributed by atoms with E-state index in [2.05, 4.69) is 16.0 Å². The topological polar surface area (TPSA) is 56.1 Å². The zero-order chi connectivity index (χ0) is 20.5. The average Bonchev–Trinajstić information content (AvgIpc) is 3.37. The van der Waals surface area contributed by atoms with Crippen LogP contribution in [0.3, 0.4) is 0 Å². The Kier molecular flexibility index (Phi) is 5.19. The van der Waals surface area contributed by atoms with Crippen molar-refractivity contribution in [2.45, 2.75) is 32.4 Å². The Bertz CT molecular complexity index is 1210. The molecule has 1 N–H and O–H groups in total. The summed E-state index contributed by atoms with van der Waals surface area (Å²) in [5, 5.41) is 6.23. The zero-order valence-electron chi connectivity index (χ0n) is 16.2. The fraction of sp³-hybridized carbons (Fsp3) is 0.217. The number of nitrogens with zero attached hydrogens (tertiary/aromatic N) is 2. The molecule has 0 aliphatic carbocycles. The SMILES string of the molecule is O=C(Nc1cc(-c2ccc(Cl)cc2)cs1)OCc1ccc2c(c1)nc1n2CCCC1. The van der Waals surface area contributed by atoms with Gasteiger partial charge in [0.25, 0.3) is 0 Å². The van der Waals surface area contributed by atoms with E-state index in [0.717, 1.165) is 51.5 Å². The maximum absolute atomic E-state index is 12.2. The lowest BCUT2D eigenvalue weighted by molar-refractivity contribution is 0.155. The summed E-state index contributed by atoms with van der Waals surface area (Å²) < 4.78 is 7.72. The van der Waals surface area contributed by atoms with E-state index in [1.165, 1.54) is 24.2 Å². The van der Waals surface area contributed by atoms with Crippen LogP contribution in [0.4, 0.5) is 9.80 Å². The van der Waals surface area contributed by atoms with Gasteiger partial charge in [0.2, 0.25) is 0 Å². The van der Waals surface area contributed by atoms with Crippen LogP contribution in [0.15, 0.2) is 53.9 Å². The van der Waals surface area contributed by atoms with Crippen LogP contribution < -0.4 is 5.32 Å². The number of aromatic nitrogens is 2. The maximum Gasteiger partial charge on any atom is 0.412 e. The Hall–Kier alpha value is -2.83. The van der Waals surface area contributed by atoms with Gasteiger partial charge in [0, 0.05) is 23.4 Å². The van der Waals surface area contributed by atoms with E-state index in [-0.39, 0.29) is 6.61 Å². The molecule has 2 aromatic carbocycles. The summed E-state index contributed by atoms with van der Waals surface area (Å²) in [7, 11) is 0. The fourth-order valence-electron chi connectivity index (χ4n) is 3.79. The van der Waals surface area contributed by atoms with Crippen molar-refractivity contribution in [1.82, 2.24) is 9.55 Å². The van der Waals surface area contributed by atoms with E-state index in [1.54, 1.807) is 0 Å². The van der Waals surface area contributed by atoms with E-state index in [0.29, 0.717) is 5.02 Å². The number of nitrogens with one attached hydrogen (secondary N) is 1. The van der Waals surface area contributed by atoms with E-state index in [9.17, 15) is 4.79 Å². The van der Waals surface area contributed by atoms with Crippen LogP contribution >= 0.6 is 22.9 Å². The van der Waals surface area contributed by atoms with Gasteiger partial charge < -0.3 is 9.30 Å². The summed E-state index contributed by atoms with van der Waals surface area (Å²) in [5.41, 5.74) is 5.14. The molecule has 0 bridgehead atoms. The van der Waals surface area contributed by atoms with E-state index in [4.69, 9.17) is 21.3 Å². The first-order valence-corrected chi connectivity index (χ1v) is 11.2. The predicted molar refractivity (Wildman–Crippen MR) is 121 cm³/mol. The molecule has 0 saturated heterocycles. The van der Waals surface area contributed by atoms with Crippen molar-refractivity contribution in [2.75, 3.05) is 5.32 Å². The smallest absolute Gasteiger partial charge is 0.412 e. The Balaban J connectivity index is 1.22. The number of benzene rings is 2. The predicted octanol–water partition coefficient (Wildman–Crippen LogP) is 6.50. The molecule has 30 heavy (non-hydrogen) atoms. The summed E-state index contributed by atoms with van der Waals surface area (Å²) >= 11 is 7.40. The van der Waals surface area contributed by atoms with Crippen LogP contribution in [0.5, 0.6) is 0 Å². The number of hydrogen-bond donors (Lipinski definition) is 1. The minimum atomic E-state index is -0.469. The minimum Gasteiger partial charge on any atom is -0.444 e. The van der Waals surface area contributed by atoms with Crippen LogP contribution in [0.25, 0.3) is 22.2 Å². The third kappa shape index (κ3) is 3.93. The lowest BCUT2D eigenvalue weighted by atomic mass is 10.1. The molecule has 5 rings (SSSR count). The molecular formula is C23H20ClN3O2S. The van der Waals surface area contributed by atoms with Crippen LogP contribution in [-0.2, 0) is 24.3 Å². The van der Waals surface area contributed by atoms with Gasteiger partial charge in [-0.2, -0.15) is 0 Å². The third-order valence-electron chi connectivity index (χ3n) is 5.30. The molecule has 0 saturated carbocycles. The molecule has 152 valence electrons. The first-order chi connectivity index (χ1) is 14.7. The van der Waals surface area contributed by atoms with Crippen molar-refractivity contribution in [3.05, 3.63) is 70.3 Å². The molecule has 0 fully saturated rings. The highest BCUT2D eigenvalue weighted by molar-refractivity contribution is 7.14. The van der Waals surface area contributed by atoms with Crippen molar-refractivity contribution < 1.29 is 9.53 Å². The number of hydrogen-bond acceptors (Lipinski definition) is 4. The monoisotopic (exact) mass is 437 g/mol. The summed E-state index contributed by atoms with van der Waals surface area (Å²) in [6.45, 7) is 1.24. The van der Waals surface area contributed by atoms with Crippen molar-refractivity contribution in [3.8, 4) is 11.1 Å². The number of amides is 1. The Morgan fingerprint density at radius 2 is 2.00 bits per heavy atom. The van der Waals surface area contributed by atoms with Gasteiger partial charge in [-0.25, -0.2) is 9.78 Å². The van der Waals surface area contributed by atoms with Crippen LogP contribution in [0.2, 0.25) is 5.02 Å². The van der Waals surface area contributed by atoms with Gasteiger partial charge in [-0.3, -0.25) is 5.32 Å². The molecular weight excluding hydrogens is 418 g/mol. The summed E-state index contributed by atoms with van der Waals surface area (Å²) in [6.07, 6.45) is 2.96. The summed E-state index contributed by atoms with van der Waals surface area (Å²) in [4.78, 5) is 17.0. The number of anilines is 1. The molecule has 0 radical (unpaired) electrons. The second-order valence-corrected chi connectivity index (χ2v) is 8.72. The first kappa shape index (κ1) is 19.2. The van der Waals surface area contributed by atoms with Gasteiger partial charge in [-0.1, -0.05) is 29.8 Å². The number of carbonyl (C=O) groups is 1. The van der Waals surface area contributed by atoms with Gasteiger partial charge in [-0.05, 0) is 59.9 Å². The highest BCUT2D eigenvalue weighted by Gasteiger charge is 2.15. The van der Waals surface area contributed by atoms with Gasteiger partial charge in [0.1, 0.15) is 12.4 Å². The normalized spacial score (nSPS) is 13.2. The number of rotatable bonds is 4. The molecule has 1 aliphatic rings. The highest BCUT2D eigenvalue weighted by atomic mass is 35.5. The standard InChI is InChI=1S/C23H20ClN3O2S/c24-18-7-5-16(6-8-18)17-12-22(30-14-17)26-23(28)29-13-15-4-9-20-19(11-15)25-21-3-1-2-10-27(20)21/h4-9,11-12,14H,1-3,10,13H2,(H,26,28). The molecule has 3 heterocycles. The number of fused-ring (bicyclic) bond motifs is 3. The number of halogens is 1. The molecule has 0 unspecified atom stereocenters. The second kappa shape index (κ2) is 8.13. The number of thiophene rings is 1. The molecule has 1 aliphatic heterocycles. The highest BCUT2D eigenvalue weighted by Crippen LogP contribution is 2.30. The average molecular weight is 438 g/mol. The van der Waals surface area contributed by atoms with E-state index in [1.807, 2.05) is 47.8 Å². The maximum atomic E-state index is 12.2. The van der Waals surface area contributed by atoms with Crippen molar-refractivity contribution >= 4 is 45.1 Å². The van der Waals surface area contributed by atoms with Crippen molar-refractivity contribution in [2.24, 2.45) is 0 Å². The number of aryl methyl sites for hydroxylation is 2. The molecule has 4 aromatic rings.